The second-order valence-corrected chi connectivity index (χ2v) is 4.16. The van der Waals surface area contributed by atoms with Crippen LogP contribution in [0.1, 0.15) is 21.5 Å². The maximum atomic E-state index is 11.9. The number of furan rings is 1. The average molecular weight is 265 g/mol. The molecule has 2 aromatic rings. The first-order chi connectivity index (χ1) is 7.18. The fourth-order valence-electron chi connectivity index (χ4n) is 1.29. The van der Waals surface area contributed by atoms with Crippen molar-refractivity contribution in [1.29, 1.82) is 0 Å². The minimum atomic E-state index is -0.0237. The summed E-state index contributed by atoms with van der Waals surface area (Å²) in [6, 6.07) is 7.22. The molecule has 15 heavy (non-hydrogen) atoms. The zero-order valence-electron chi connectivity index (χ0n) is 8.16. The van der Waals surface area contributed by atoms with Gasteiger partial charge in [0.1, 0.15) is 6.26 Å². The van der Waals surface area contributed by atoms with Crippen molar-refractivity contribution in [3.05, 3.63) is 58.0 Å². The van der Waals surface area contributed by atoms with Crippen LogP contribution in [0.5, 0.6) is 0 Å². The van der Waals surface area contributed by atoms with Crippen molar-refractivity contribution in [2.75, 3.05) is 0 Å². The van der Waals surface area contributed by atoms with Gasteiger partial charge >= 0.3 is 0 Å². The highest BCUT2D eigenvalue weighted by atomic mass is 79.9. The first-order valence-corrected chi connectivity index (χ1v) is 5.31. The third kappa shape index (κ3) is 2.02. The Kier molecular flexibility index (Phi) is 2.73. The molecular formula is C12H9BrO2. The molecule has 1 aromatic carbocycles. The van der Waals surface area contributed by atoms with E-state index in [1.807, 2.05) is 25.1 Å². The van der Waals surface area contributed by atoms with E-state index in [0.29, 0.717) is 11.1 Å². The van der Waals surface area contributed by atoms with Gasteiger partial charge < -0.3 is 4.42 Å². The van der Waals surface area contributed by atoms with Crippen LogP contribution in [0, 0.1) is 6.92 Å². The number of halogens is 1. The molecule has 0 saturated heterocycles. The van der Waals surface area contributed by atoms with Gasteiger partial charge in [-0.15, -0.1) is 0 Å². The van der Waals surface area contributed by atoms with E-state index in [2.05, 4.69) is 15.9 Å². The van der Waals surface area contributed by atoms with Crippen LogP contribution in [-0.2, 0) is 0 Å². The van der Waals surface area contributed by atoms with Crippen LogP contribution in [0.4, 0.5) is 0 Å². The highest BCUT2D eigenvalue weighted by molar-refractivity contribution is 9.10. The van der Waals surface area contributed by atoms with E-state index in [1.165, 1.54) is 12.5 Å². The van der Waals surface area contributed by atoms with Crippen molar-refractivity contribution in [1.82, 2.24) is 0 Å². The second-order valence-electron chi connectivity index (χ2n) is 3.31. The molecule has 0 bridgehead atoms. The van der Waals surface area contributed by atoms with E-state index in [9.17, 15) is 4.79 Å². The molecule has 0 spiro atoms. The summed E-state index contributed by atoms with van der Waals surface area (Å²) in [6.45, 7) is 1.98. The summed E-state index contributed by atoms with van der Waals surface area (Å²) in [5.74, 6) is -0.0237. The maximum absolute atomic E-state index is 11.9. The third-order valence-electron chi connectivity index (χ3n) is 2.22. The van der Waals surface area contributed by atoms with E-state index in [-0.39, 0.29) is 5.78 Å². The highest BCUT2D eigenvalue weighted by Gasteiger charge is 2.10. The van der Waals surface area contributed by atoms with Crippen molar-refractivity contribution >= 4 is 21.7 Å². The van der Waals surface area contributed by atoms with Gasteiger partial charge in [0, 0.05) is 10.0 Å². The summed E-state index contributed by atoms with van der Waals surface area (Å²) in [5, 5.41) is 0. The zero-order valence-corrected chi connectivity index (χ0v) is 9.74. The standard InChI is InChI=1S/C12H9BrO2/c1-8-2-3-9(6-11(8)13)12(14)10-4-5-15-7-10/h2-7H,1H3. The van der Waals surface area contributed by atoms with Crippen LogP contribution in [-0.4, -0.2) is 5.78 Å². The lowest BCUT2D eigenvalue weighted by molar-refractivity contribution is 0.103. The molecule has 76 valence electrons. The Morgan fingerprint density at radius 3 is 2.67 bits per heavy atom. The van der Waals surface area contributed by atoms with E-state index < -0.39 is 0 Å². The zero-order chi connectivity index (χ0) is 10.8. The molecule has 0 aliphatic heterocycles. The number of aryl methyl sites for hydroxylation is 1. The summed E-state index contributed by atoms with van der Waals surface area (Å²) < 4.78 is 5.82. The van der Waals surface area contributed by atoms with E-state index in [0.717, 1.165) is 10.0 Å². The summed E-state index contributed by atoms with van der Waals surface area (Å²) >= 11 is 3.40. The molecule has 0 atom stereocenters. The van der Waals surface area contributed by atoms with E-state index in [1.54, 1.807) is 6.07 Å². The van der Waals surface area contributed by atoms with E-state index >= 15 is 0 Å². The Bertz CT molecular complexity index is 486. The molecule has 0 N–H and O–H groups in total. The van der Waals surface area contributed by atoms with Crippen molar-refractivity contribution < 1.29 is 9.21 Å². The van der Waals surface area contributed by atoms with Gasteiger partial charge in [-0.25, -0.2) is 0 Å². The highest BCUT2D eigenvalue weighted by Crippen LogP contribution is 2.19. The second kappa shape index (κ2) is 4.03. The molecule has 0 aliphatic rings. The molecule has 1 aromatic heterocycles. The molecule has 0 saturated carbocycles. The molecule has 2 rings (SSSR count). The predicted octanol–water partition coefficient (Wildman–Crippen LogP) is 3.58. The number of benzene rings is 1. The smallest absolute Gasteiger partial charge is 0.196 e. The minimum absolute atomic E-state index is 0.0237. The molecular weight excluding hydrogens is 256 g/mol. The van der Waals surface area contributed by atoms with Gasteiger partial charge in [-0.2, -0.15) is 0 Å². The first kappa shape index (κ1) is 10.2. The lowest BCUT2D eigenvalue weighted by Crippen LogP contribution is -1.99. The normalized spacial score (nSPS) is 10.3. The number of rotatable bonds is 2. The van der Waals surface area contributed by atoms with Crippen molar-refractivity contribution in [2.24, 2.45) is 0 Å². The summed E-state index contributed by atoms with van der Waals surface area (Å²) in [5.41, 5.74) is 2.35. The Labute approximate surface area is 96.0 Å². The van der Waals surface area contributed by atoms with Gasteiger partial charge in [-0.1, -0.05) is 28.1 Å². The van der Waals surface area contributed by atoms with Crippen LogP contribution in [0.15, 0.2) is 45.7 Å². The Morgan fingerprint density at radius 2 is 2.07 bits per heavy atom. The largest absolute Gasteiger partial charge is 0.472 e. The lowest BCUT2D eigenvalue weighted by atomic mass is 10.0. The Balaban J connectivity index is 2.39. The average Bonchev–Trinajstić information content (AvgIpc) is 2.74. The molecule has 1 heterocycles. The number of carbonyl (C=O) groups is 1. The molecule has 2 nitrogen and oxygen atoms in total. The summed E-state index contributed by atoms with van der Waals surface area (Å²) in [7, 11) is 0. The van der Waals surface area contributed by atoms with Gasteiger partial charge in [-0.3, -0.25) is 4.79 Å². The fourth-order valence-corrected chi connectivity index (χ4v) is 1.67. The predicted molar refractivity (Wildman–Crippen MR) is 61.0 cm³/mol. The van der Waals surface area contributed by atoms with Gasteiger partial charge in [0.25, 0.3) is 0 Å². The van der Waals surface area contributed by atoms with E-state index in [4.69, 9.17) is 4.42 Å². The van der Waals surface area contributed by atoms with Crippen LogP contribution < -0.4 is 0 Å². The topological polar surface area (TPSA) is 30.2 Å². The quantitative estimate of drug-likeness (QED) is 0.777. The molecule has 0 radical (unpaired) electrons. The molecule has 0 amide bonds. The van der Waals surface area contributed by atoms with Gasteiger partial charge in [0.15, 0.2) is 5.78 Å². The van der Waals surface area contributed by atoms with Crippen LogP contribution in [0.2, 0.25) is 0 Å². The third-order valence-corrected chi connectivity index (χ3v) is 3.07. The molecule has 0 fully saturated rings. The van der Waals surface area contributed by atoms with Crippen molar-refractivity contribution in [2.45, 2.75) is 6.92 Å². The number of hydrogen-bond acceptors (Lipinski definition) is 2. The van der Waals surface area contributed by atoms with Crippen molar-refractivity contribution in [3.8, 4) is 0 Å². The molecule has 3 heteroatoms. The Morgan fingerprint density at radius 1 is 1.27 bits per heavy atom. The summed E-state index contributed by atoms with van der Waals surface area (Å²) in [6.07, 6.45) is 2.95. The first-order valence-electron chi connectivity index (χ1n) is 4.51. The van der Waals surface area contributed by atoms with Crippen LogP contribution in [0.25, 0.3) is 0 Å². The number of ketones is 1. The van der Waals surface area contributed by atoms with Gasteiger partial charge in [0.05, 0.1) is 11.8 Å². The number of carbonyl (C=O) groups excluding carboxylic acids is 1. The Hall–Kier alpha value is -1.35. The monoisotopic (exact) mass is 264 g/mol. The van der Waals surface area contributed by atoms with Crippen LogP contribution >= 0.6 is 15.9 Å². The number of hydrogen-bond donors (Lipinski definition) is 0. The maximum Gasteiger partial charge on any atom is 0.196 e. The summed E-state index contributed by atoms with van der Waals surface area (Å²) in [4.78, 5) is 11.9. The SMILES string of the molecule is Cc1ccc(C(=O)c2ccoc2)cc1Br. The molecule has 0 aliphatic carbocycles. The fraction of sp³-hybridized carbons (Fsp3) is 0.0833. The molecule has 0 unspecified atom stereocenters. The van der Waals surface area contributed by atoms with Gasteiger partial charge in [-0.05, 0) is 24.6 Å². The van der Waals surface area contributed by atoms with Crippen LogP contribution in [0.3, 0.4) is 0 Å². The minimum Gasteiger partial charge on any atom is -0.472 e. The lowest BCUT2D eigenvalue weighted by Gasteiger charge is -2.01. The van der Waals surface area contributed by atoms with Gasteiger partial charge in [0.2, 0.25) is 0 Å². The van der Waals surface area contributed by atoms with Crippen molar-refractivity contribution in [3.63, 3.8) is 0 Å².